The van der Waals surface area contributed by atoms with Crippen LogP contribution in [0.2, 0.25) is 0 Å². The molecule has 0 unspecified atom stereocenters. The molecule has 0 saturated heterocycles. The van der Waals surface area contributed by atoms with Crippen LogP contribution >= 0.6 is 99.7 Å². The van der Waals surface area contributed by atoms with Crippen LogP contribution in [0, 0.1) is 21.0 Å². The molecule has 0 amide bonds. The molecule has 0 spiro atoms. The molecule has 0 aliphatic carbocycles. The number of hydrogen-bond donors (Lipinski definition) is 0. The van der Waals surface area contributed by atoms with Gasteiger partial charge in [-0.2, -0.15) is 0 Å². The Kier molecular flexibility index (Phi) is 5.53. The van der Waals surface area contributed by atoms with E-state index in [0.29, 0.717) is 0 Å². The van der Waals surface area contributed by atoms with E-state index in [1.807, 2.05) is 0 Å². The monoisotopic (exact) mass is 888 g/mol. The molecular weight excluding hydrogens is 878 g/mol. The minimum absolute atomic E-state index is 0.752. The maximum atomic E-state index is 6.46. The summed E-state index contributed by atoms with van der Waals surface area (Å²) in [5, 5.41) is 2.22. The summed E-state index contributed by atoms with van der Waals surface area (Å²) >= 11 is 15.6. The van der Waals surface area contributed by atoms with Crippen molar-refractivity contribution in [2.75, 3.05) is 0 Å². The number of rotatable bonds is 2. The molecule has 188 valence electrons. The van der Waals surface area contributed by atoms with Crippen molar-refractivity contribution in [1.82, 2.24) is 0 Å². The third-order valence-electron chi connectivity index (χ3n) is 6.63. The van der Waals surface area contributed by atoms with Gasteiger partial charge in [0.1, 0.15) is 20.6 Å². The Morgan fingerprint density at radius 2 is 1.03 bits per heavy atom. The highest BCUT2D eigenvalue weighted by Crippen LogP contribution is 2.54. The van der Waals surface area contributed by atoms with Gasteiger partial charge in [0.2, 0.25) is 0 Å². The lowest BCUT2D eigenvalue weighted by atomic mass is 10.2. The second kappa shape index (κ2) is 8.59. The summed E-state index contributed by atoms with van der Waals surface area (Å²) in [6, 6.07) is 12.6. The highest BCUT2D eigenvalue weighted by atomic mass is 127. The predicted octanol–water partition coefficient (Wildman–Crippen LogP) is 12.6. The fraction of sp³-hybridized carbons (Fsp3) is 0.0714. The lowest BCUT2D eigenvalue weighted by Crippen LogP contribution is -1.73. The number of aryl methyl sites for hydroxylation is 2. The van der Waals surface area contributed by atoms with E-state index in [-0.39, 0.29) is 0 Å². The maximum Gasteiger partial charge on any atom is 0.192 e. The lowest BCUT2D eigenvalue weighted by Gasteiger charge is -1.95. The summed E-state index contributed by atoms with van der Waals surface area (Å²) in [4.78, 5) is 1.98. The zero-order valence-corrected chi connectivity index (χ0v) is 28.5. The first kappa shape index (κ1) is 24.5. The van der Waals surface area contributed by atoms with Crippen molar-refractivity contribution in [2.45, 2.75) is 13.8 Å². The summed E-state index contributed by atoms with van der Waals surface area (Å²) in [5.41, 5.74) is 7.16. The van der Waals surface area contributed by atoms with E-state index in [4.69, 9.17) is 17.7 Å². The van der Waals surface area contributed by atoms with Crippen LogP contribution in [0.5, 0.6) is 0 Å². The van der Waals surface area contributed by atoms with Crippen molar-refractivity contribution in [3.63, 3.8) is 0 Å². The first-order valence-electron chi connectivity index (χ1n) is 11.4. The number of halogens is 4. The van der Waals surface area contributed by atoms with Gasteiger partial charge in [0.15, 0.2) is 33.9 Å². The van der Waals surface area contributed by atoms with Crippen molar-refractivity contribution >= 4 is 153 Å². The van der Waals surface area contributed by atoms with E-state index in [9.17, 15) is 0 Å². The van der Waals surface area contributed by atoms with Gasteiger partial charge in [0.05, 0.1) is 25.8 Å². The van der Waals surface area contributed by atoms with Crippen LogP contribution < -0.4 is 0 Å². The minimum atomic E-state index is 0.752. The van der Waals surface area contributed by atoms with Crippen LogP contribution in [-0.4, -0.2) is 0 Å². The fourth-order valence-electron chi connectivity index (χ4n) is 4.80. The molecule has 2 aromatic carbocycles. The van der Waals surface area contributed by atoms with Gasteiger partial charge in [-0.3, -0.25) is 0 Å². The van der Waals surface area contributed by atoms with E-state index < -0.39 is 0 Å². The van der Waals surface area contributed by atoms with Gasteiger partial charge in [-0.05, 0) is 126 Å². The lowest BCUT2D eigenvalue weighted by molar-refractivity contribution is 0.629. The largest absolute Gasteiger partial charge is 0.454 e. The number of furan rings is 4. The second-order valence-corrected chi connectivity index (χ2v) is 14.9. The molecule has 38 heavy (non-hydrogen) atoms. The van der Waals surface area contributed by atoms with Gasteiger partial charge in [-0.15, -0.1) is 22.7 Å². The number of thiophene rings is 2. The van der Waals surface area contributed by atoms with Crippen molar-refractivity contribution < 1.29 is 17.7 Å². The van der Waals surface area contributed by atoms with E-state index in [2.05, 4.69) is 127 Å². The molecule has 0 atom stereocenters. The zero-order chi connectivity index (χ0) is 26.0. The van der Waals surface area contributed by atoms with Gasteiger partial charge in [0.25, 0.3) is 0 Å². The average Bonchev–Trinajstić information content (AvgIpc) is 3.69. The summed E-state index contributed by atoms with van der Waals surface area (Å²) in [7, 11) is 0. The third kappa shape index (κ3) is 3.33. The SMILES string of the molecule is Cc1ccc2c(I)c(-c3sc4c(oc5c4oc4c(Br)c(-c6oc7cc(C)ccc7c6I)sc45)c3Br)oc2c1. The van der Waals surface area contributed by atoms with E-state index in [1.165, 1.54) is 11.1 Å². The van der Waals surface area contributed by atoms with Gasteiger partial charge < -0.3 is 17.7 Å². The standard InChI is InChI=1S/C28H12Br2I2O4S2/c1-9-3-5-11-13(7-9)33-21(17(11)31)25-15(29)19-27(37-25)23-24(35-19)28-20(36-23)16(30)26(38-28)22-18(32)12-6-4-10(2)8-14(12)34-22/h3-8H,1-2H3. The van der Waals surface area contributed by atoms with Gasteiger partial charge in [-0.25, -0.2) is 0 Å². The first-order chi connectivity index (χ1) is 18.3. The summed E-state index contributed by atoms with van der Waals surface area (Å²) in [6.07, 6.45) is 0. The van der Waals surface area contributed by atoms with E-state index >= 15 is 0 Å². The highest BCUT2D eigenvalue weighted by molar-refractivity contribution is 14.1. The topological polar surface area (TPSA) is 52.6 Å². The molecule has 0 N–H and O–H groups in total. The minimum Gasteiger partial charge on any atom is -0.454 e. The van der Waals surface area contributed by atoms with E-state index in [0.717, 1.165) is 91.0 Å². The molecule has 6 heterocycles. The van der Waals surface area contributed by atoms with E-state index in [1.54, 1.807) is 22.7 Å². The van der Waals surface area contributed by atoms with Crippen molar-refractivity contribution in [1.29, 1.82) is 0 Å². The Morgan fingerprint density at radius 1 is 0.605 bits per heavy atom. The van der Waals surface area contributed by atoms with Crippen molar-refractivity contribution in [3.05, 3.63) is 63.6 Å². The fourth-order valence-corrected chi connectivity index (χ4v) is 10.7. The zero-order valence-electron chi connectivity index (χ0n) is 19.4. The molecular formula is C28H12Br2I2O4S2. The summed E-state index contributed by atoms with van der Waals surface area (Å²) < 4.78 is 31.4. The Morgan fingerprint density at radius 3 is 1.45 bits per heavy atom. The Labute approximate surface area is 266 Å². The van der Waals surface area contributed by atoms with Crippen LogP contribution in [-0.2, 0) is 0 Å². The molecule has 0 aliphatic heterocycles. The molecule has 6 aromatic heterocycles. The predicted molar refractivity (Wildman–Crippen MR) is 180 cm³/mol. The molecule has 0 fully saturated rings. The first-order valence-corrected chi connectivity index (χ1v) is 16.8. The quantitative estimate of drug-likeness (QED) is 0.162. The molecule has 8 rings (SSSR count). The van der Waals surface area contributed by atoms with Gasteiger partial charge >= 0.3 is 0 Å². The second-order valence-electron chi connectivity index (χ2n) is 9.16. The van der Waals surface area contributed by atoms with Crippen LogP contribution in [0.4, 0.5) is 0 Å². The van der Waals surface area contributed by atoms with Crippen LogP contribution in [0.25, 0.3) is 74.9 Å². The molecule has 0 saturated carbocycles. The molecule has 0 radical (unpaired) electrons. The average molecular weight is 890 g/mol. The number of fused-ring (bicyclic) bond motifs is 7. The normalized spacial score (nSPS) is 12.5. The number of benzene rings is 2. The van der Waals surface area contributed by atoms with Crippen molar-refractivity contribution in [3.8, 4) is 21.3 Å². The summed E-state index contributed by atoms with van der Waals surface area (Å²) in [5.74, 6) is 1.68. The summed E-state index contributed by atoms with van der Waals surface area (Å²) in [6.45, 7) is 4.14. The van der Waals surface area contributed by atoms with Gasteiger partial charge in [-0.1, -0.05) is 12.1 Å². The number of hydrogen-bond acceptors (Lipinski definition) is 6. The van der Waals surface area contributed by atoms with Crippen LogP contribution in [0.3, 0.4) is 0 Å². The molecule has 4 nitrogen and oxygen atoms in total. The Hall–Kier alpha value is -1.32. The highest BCUT2D eigenvalue weighted by Gasteiger charge is 2.30. The smallest absolute Gasteiger partial charge is 0.192 e. The third-order valence-corrected chi connectivity index (χ3v) is 13.1. The molecule has 8 aromatic rings. The molecule has 0 aliphatic rings. The molecule has 10 heteroatoms. The Bertz CT molecular complexity index is 2110. The maximum absolute atomic E-state index is 6.46. The molecule has 0 bridgehead atoms. The van der Waals surface area contributed by atoms with Gasteiger partial charge in [0, 0.05) is 10.8 Å². The van der Waals surface area contributed by atoms with Crippen molar-refractivity contribution in [2.24, 2.45) is 0 Å². The Balaban J connectivity index is 1.31. The van der Waals surface area contributed by atoms with Crippen LogP contribution in [0.15, 0.2) is 63.0 Å². The van der Waals surface area contributed by atoms with Crippen LogP contribution in [0.1, 0.15) is 11.1 Å².